The summed E-state index contributed by atoms with van der Waals surface area (Å²) in [6.07, 6.45) is -0.631. The maximum atomic E-state index is 13.1. The quantitative estimate of drug-likeness (QED) is 0.489. The molecule has 0 aliphatic heterocycles. The third-order valence-electron chi connectivity index (χ3n) is 4.62. The molecule has 1 atom stereocenters. The molecule has 2 heterocycles. The second-order valence-electron chi connectivity index (χ2n) is 6.52. The van der Waals surface area contributed by atoms with E-state index in [2.05, 4.69) is 15.5 Å². The van der Waals surface area contributed by atoms with E-state index in [-0.39, 0.29) is 11.4 Å². The van der Waals surface area contributed by atoms with Crippen LogP contribution in [0.15, 0.2) is 53.3 Å². The first-order chi connectivity index (χ1) is 13.6. The second-order valence-corrected chi connectivity index (χ2v) is 6.83. The zero-order chi connectivity index (χ0) is 19.7. The van der Waals surface area contributed by atoms with Gasteiger partial charge in [0.2, 0.25) is 0 Å². The van der Waals surface area contributed by atoms with Gasteiger partial charge in [0.1, 0.15) is 11.0 Å². The van der Waals surface area contributed by atoms with Crippen LogP contribution in [0.2, 0.25) is 0 Å². The predicted octanol–water partition coefficient (Wildman–Crippen LogP) is 2.77. The van der Waals surface area contributed by atoms with Crippen LogP contribution in [-0.4, -0.2) is 43.2 Å². The Morgan fingerprint density at radius 2 is 1.86 bits per heavy atom. The molecule has 2 N–H and O–H groups in total. The Kier molecular flexibility index (Phi) is 5.02. The molecule has 2 aromatic carbocycles. The van der Waals surface area contributed by atoms with Crippen LogP contribution < -0.4 is 10.9 Å². The van der Waals surface area contributed by atoms with Gasteiger partial charge in [0.15, 0.2) is 5.69 Å². The molecule has 0 fully saturated rings. The lowest BCUT2D eigenvalue weighted by Gasteiger charge is -2.14. The van der Waals surface area contributed by atoms with Crippen LogP contribution in [0, 0.1) is 0 Å². The van der Waals surface area contributed by atoms with Crippen LogP contribution in [0.1, 0.15) is 6.92 Å². The third kappa shape index (κ3) is 3.34. The number of hydrogen-bond donors (Lipinski definition) is 2. The van der Waals surface area contributed by atoms with Gasteiger partial charge in [-0.05, 0) is 37.3 Å². The Hall–Kier alpha value is -2.90. The van der Waals surface area contributed by atoms with Crippen LogP contribution in [-0.2, 0) is 6.54 Å². The van der Waals surface area contributed by atoms with E-state index in [4.69, 9.17) is 11.6 Å². The number of aliphatic hydroxyl groups excluding tert-OH is 1. The highest BCUT2D eigenvalue weighted by atomic mass is 35.5. The molecule has 2 aromatic heterocycles. The first kappa shape index (κ1) is 18.5. The van der Waals surface area contributed by atoms with E-state index in [0.29, 0.717) is 18.8 Å². The molecule has 1 unspecified atom stereocenters. The van der Waals surface area contributed by atoms with E-state index < -0.39 is 6.10 Å². The summed E-state index contributed by atoms with van der Waals surface area (Å²) < 4.78 is 1.70. The summed E-state index contributed by atoms with van der Waals surface area (Å²) >= 11 is 5.64. The first-order valence-corrected chi connectivity index (χ1v) is 9.62. The number of pyridine rings is 1. The monoisotopic (exact) mass is 397 g/mol. The number of aromatic nitrogens is 4. The maximum absolute atomic E-state index is 13.1. The summed E-state index contributed by atoms with van der Waals surface area (Å²) in [7, 11) is 0. The van der Waals surface area contributed by atoms with Crippen LogP contribution in [0.4, 0.5) is 5.69 Å². The van der Waals surface area contributed by atoms with Crippen molar-refractivity contribution in [2.45, 2.75) is 19.6 Å². The fourth-order valence-corrected chi connectivity index (χ4v) is 3.29. The Bertz CT molecular complexity index is 1170. The molecule has 4 rings (SSSR count). The van der Waals surface area contributed by atoms with Crippen molar-refractivity contribution >= 4 is 39.2 Å². The lowest BCUT2D eigenvalue weighted by Crippen LogP contribution is -2.25. The zero-order valence-corrected chi connectivity index (χ0v) is 16.1. The highest BCUT2D eigenvalue weighted by Crippen LogP contribution is 2.21. The molecular weight excluding hydrogens is 378 g/mol. The topological polar surface area (TPSA) is 85.0 Å². The molecule has 0 aliphatic carbocycles. The minimum absolute atomic E-state index is 0.159. The highest BCUT2D eigenvalue weighted by molar-refractivity contribution is 6.18. The second kappa shape index (κ2) is 7.61. The number of hydrogen-bond acceptors (Lipinski definition) is 5. The molecule has 0 amide bonds. The molecule has 8 heteroatoms. The van der Waals surface area contributed by atoms with Gasteiger partial charge in [0, 0.05) is 24.2 Å². The molecule has 0 spiro atoms. The number of fused-ring (bicyclic) bond motifs is 2. The van der Waals surface area contributed by atoms with E-state index >= 15 is 0 Å². The van der Waals surface area contributed by atoms with Crippen LogP contribution in [0.5, 0.6) is 0 Å². The van der Waals surface area contributed by atoms with Gasteiger partial charge in [-0.25, -0.2) is 0 Å². The van der Waals surface area contributed by atoms with Crippen LogP contribution >= 0.6 is 11.6 Å². The van der Waals surface area contributed by atoms with Crippen LogP contribution in [0.3, 0.4) is 0 Å². The molecule has 144 valence electrons. The number of benzene rings is 2. The number of nitrogens with one attached hydrogen (secondary N) is 1. The lowest BCUT2D eigenvalue weighted by atomic mass is 10.1. The Labute approximate surface area is 166 Å². The zero-order valence-electron chi connectivity index (χ0n) is 15.3. The first-order valence-electron chi connectivity index (χ1n) is 9.08. The Balaban J connectivity index is 1.81. The number of alkyl halides is 1. The molecule has 0 saturated carbocycles. The molecule has 0 bridgehead atoms. The summed E-state index contributed by atoms with van der Waals surface area (Å²) in [6, 6.07) is 15.1. The van der Waals surface area contributed by atoms with Crippen molar-refractivity contribution in [3.63, 3.8) is 0 Å². The minimum atomic E-state index is -0.631. The summed E-state index contributed by atoms with van der Waals surface area (Å²) in [5, 5.41) is 22.6. The molecule has 7 nitrogen and oxygen atoms in total. The molecule has 0 saturated heterocycles. The van der Waals surface area contributed by atoms with E-state index in [1.165, 1.54) is 4.80 Å². The summed E-state index contributed by atoms with van der Waals surface area (Å²) in [5.74, 6) is 0.162. The lowest BCUT2D eigenvalue weighted by molar-refractivity contribution is 0.211. The Morgan fingerprint density at radius 1 is 1.14 bits per heavy atom. The third-order valence-corrected chi connectivity index (χ3v) is 4.97. The molecule has 0 aliphatic rings. The van der Waals surface area contributed by atoms with Gasteiger partial charge in [-0.2, -0.15) is 0 Å². The fraction of sp³-hybridized carbons (Fsp3) is 0.250. The minimum Gasteiger partial charge on any atom is -0.390 e. The Morgan fingerprint density at radius 3 is 2.50 bits per heavy atom. The van der Waals surface area contributed by atoms with Gasteiger partial charge < -0.3 is 15.0 Å². The van der Waals surface area contributed by atoms with Crippen molar-refractivity contribution in [2.75, 3.05) is 17.7 Å². The average molecular weight is 398 g/mol. The SMILES string of the molecule is CCn1c(=O)c(-n2nc3ccccc3n2)cc2ccc(NCC(O)CCl)cc21. The molecule has 4 aromatic rings. The van der Waals surface area contributed by atoms with Crippen LogP contribution in [0.25, 0.3) is 27.6 Å². The number of aliphatic hydroxyl groups is 1. The summed E-state index contributed by atoms with van der Waals surface area (Å²) in [4.78, 5) is 14.5. The molecule has 0 radical (unpaired) electrons. The van der Waals surface area contributed by atoms with Crippen molar-refractivity contribution in [1.82, 2.24) is 19.6 Å². The van der Waals surface area contributed by atoms with Crippen molar-refractivity contribution in [3.05, 3.63) is 58.9 Å². The summed E-state index contributed by atoms with van der Waals surface area (Å²) in [6.45, 7) is 2.78. The van der Waals surface area contributed by atoms with Crippen molar-refractivity contribution in [3.8, 4) is 5.69 Å². The highest BCUT2D eigenvalue weighted by Gasteiger charge is 2.13. The number of nitrogens with zero attached hydrogens (tertiary/aromatic N) is 4. The van der Waals surface area contributed by atoms with E-state index in [1.807, 2.05) is 49.4 Å². The van der Waals surface area contributed by atoms with E-state index in [9.17, 15) is 9.90 Å². The van der Waals surface area contributed by atoms with Gasteiger partial charge in [-0.1, -0.05) is 18.2 Å². The average Bonchev–Trinajstić information content (AvgIpc) is 3.15. The summed E-state index contributed by atoms with van der Waals surface area (Å²) in [5.41, 5.74) is 3.34. The van der Waals surface area contributed by atoms with Gasteiger partial charge in [-0.3, -0.25) is 4.79 Å². The standard InChI is InChI=1S/C20H20ClN5O2/c1-2-25-18-10-14(22-12-15(27)11-21)8-7-13(18)9-19(20(25)28)26-23-16-5-3-4-6-17(16)24-26/h3-10,15,22,27H,2,11-12H2,1H3. The maximum Gasteiger partial charge on any atom is 0.278 e. The number of rotatable bonds is 6. The fourth-order valence-electron chi connectivity index (χ4n) is 3.18. The predicted molar refractivity (Wildman–Crippen MR) is 112 cm³/mol. The smallest absolute Gasteiger partial charge is 0.278 e. The van der Waals surface area contributed by atoms with Crippen molar-refractivity contribution in [1.29, 1.82) is 0 Å². The van der Waals surface area contributed by atoms with Crippen molar-refractivity contribution < 1.29 is 5.11 Å². The molecule has 28 heavy (non-hydrogen) atoms. The number of anilines is 1. The van der Waals surface area contributed by atoms with Gasteiger partial charge in [-0.15, -0.1) is 26.6 Å². The van der Waals surface area contributed by atoms with Gasteiger partial charge >= 0.3 is 0 Å². The van der Waals surface area contributed by atoms with E-state index in [0.717, 1.165) is 27.6 Å². The number of halogens is 1. The normalized spacial score (nSPS) is 12.5. The largest absolute Gasteiger partial charge is 0.390 e. The number of aryl methyl sites for hydroxylation is 1. The van der Waals surface area contributed by atoms with E-state index in [1.54, 1.807) is 10.6 Å². The van der Waals surface area contributed by atoms with Crippen molar-refractivity contribution in [2.24, 2.45) is 0 Å². The van der Waals surface area contributed by atoms with Gasteiger partial charge in [0.05, 0.1) is 17.5 Å². The molecular formula is C20H20ClN5O2. The van der Waals surface area contributed by atoms with Gasteiger partial charge in [0.25, 0.3) is 5.56 Å².